The molecule has 3 aromatic heterocycles. The fraction of sp³-hybridized carbons (Fsp3) is 0.182. The average molecular weight is 514 g/mol. The normalized spacial score (nSPS) is 13.1. The molecule has 1 atom stereocenters. The van der Waals surface area contributed by atoms with E-state index >= 15 is 0 Å². The standard InChI is InChI=1S/C22H14ClF6N5O/c1-11(32-20(35)12-6-13(21(24,25)26)8-14(7-12)22(27,28)29)19-33-16-10-30-5-4-17(16)34(19)18-3-2-15(23)9-31-18/h2-11H,1H3,(H,32,35). The Kier molecular flexibility index (Phi) is 6.18. The summed E-state index contributed by atoms with van der Waals surface area (Å²) < 4.78 is 80.7. The van der Waals surface area contributed by atoms with Crippen LogP contribution in [-0.2, 0) is 12.4 Å². The molecule has 3 heterocycles. The molecule has 1 aromatic carbocycles. The minimum Gasteiger partial charge on any atom is -0.342 e. The van der Waals surface area contributed by atoms with Gasteiger partial charge in [0.15, 0.2) is 0 Å². The van der Waals surface area contributed by atoms with E-state index in [0.717, 1.165) is 0 Å². The van der Waals surface area contributed by atoms with Gasteiger partial charge in [0, 0.05) is 18.0 Å². The Labute approximate surface area is 198 Å². The van der Waals surface area contributed by atoms with E-state index in [4.69, 9.17) is 11.6 Å². The number of fused-ring (bicyclic) bond motifs is 1. The molecule has 182 valence electrons. The van der Waals surface area contributed by atoms with Crippen molar-refractivity contribution in [1.29, 1.82) is 0 Å². The first-order valence-electron chi connectivity index (χ1n) is 9.89. The Morgan fingerprint density at radius 2 is 1.66 bits per heavy atom. The van der Waals surface area contributed by atoms with Crippen LogP contribution < -0.4 is 5.32 Å². The van der Waals surface area contributed by atoms with Crippen molar-refractivity contribution >= 4 is 28.5 Å². The van der Waals surface area contributed by atoms with Crippen molar-refractivity contribution < 1.29 is 31.1 Å². The molecule has 0 aliphatic heterocycles. The molecule has 13 heteroatoms. The van der Waals surface area contributed by atoms with Gasteiger partial charge in [-0.25, -0.2) is 9.97 Å². The molecule has 0 aliphatic carbocycles. The monoisotopic (exact) mass is 513 g/mol. The Morgan fingerprint density at radius 1 is 1.00 bits per heavy atom. The first kappa shape index (κ1) is 24.5. The molecule has 4 aromatic rings. The molecular formula is C22H14ClF6N5O. The maximum absolute atomic E-state index is 13.2. The summed E-state index contributed by atoms with van der Waals surface area (Å²) in [6.07, 6.45) is -5.81. The highest BCUT2D eigenvalue weighted by atomic mass is 35.5. The highest BCUT2D eigenvalue weighted by Crippen LogP contribution is 2.36. The zero-order valence-electron chi connectivity index (χ0n) is 17.6. The topological polar surface area (TPSA) is 72.7 Å². The maximum atomic E-state index is 13.2. The van der Waals surface area contributed by atoms with Crippen LogP contribution in [0.2, 0.25) is 5.02 Å². The largest absolute Gasteiger partial charge is 0.416 e. The summed E-state index contributed by atoms with van der Waals surface area (Å²) >= 11 is 5.91. The van der Waals surface area contributed by atoms with Crippen LogP contribution in [0.4, 0.5) is 26.3 Å². The summed E-state index contributed by atoms with van der Waals surface area (Å²) in [5, 5.41) is 2.79. The third-order valence-corrected chi connectivity index (χ3v) is 5.23. The Balaban J connectivity index is 1.74. The van der Waals surface area contributed by atoms with Crippen LogP contribution >= 0.6 is 11.6 Å². The summed E-state index contributed by atoms with van der Waals surface area (Å²) in [7, 11) is 0. The second kappa shape index (κ2) is 8.84. The number of pyridine rings is 2. The molecule has 0 saturated carbocycles. The van der Waals surface area contributed by atoms with E-state index in [9.17, 15) is 31.1 Å². The lowest BCUT2D eigenvalue weighted by Gasteiger charge is -2.18. The van der Waals surface area contributed by atoms with Crippen molar-refractivity contribution in [3.8, 4) is 5.82 Å². The Morgan fingerprint density at radius 3 is 2.23 bits per heavy atom. The number of rotatable bonds is 4. The van der Waals surface area contributed by atoms with Crippen molar-refractivity contribution in [2.75, 3.05) is 0 Å². The SMILES string of the molecule is CC(NC(=O)c1cc(C(F)(F)F)cc(C(F)(F)F)c1)c1nc2cnccc2n1-c1ccc(Cl)cn1. The molecular weight excluding hydrogens is 500 g/mol. The molecule has 0 saturated heterocycles. The number of hydrogen-bond donors (Lipinski definition) is 1. The van der Waals surface area contributed by atoms with Gasteiger partial charge < -0.3 is 5.32 Å². The molecule has 0 aliphatic rings. The van der Waals surface area contributed by atoms with Gasteiger partial charge in [-0.1, -0.05) is 11.6 Å². The van der Waals surface area contributed by atoms with E-state index in [0.29, 0.717) is 34.0 Å². The van der Waals surface area contributed by atoms with Crippen LogP contribution in [0.15, 0.2) is 55.0 Å². The van der Waals surface area contributed by atoms with Crippen LogP contribution in [0.5, 0.6) is 0 Å². The summed E-state index contributed by atoms with van der Waals surface area (Å²) in [5.41, 5.74) is -2.99. The van der Waals surface area contributed by atoms with E-state index in [1.807, 2.05) is 0 Å². The minimum atomic E-state index is -5.08. The molecule has 4 rings (SSSR count). The highest BCUT2D eigenvalue weighted by molar-refractivity contribution is 6.30. The van der Waals surface area contributed by atoms with Crippen LogP contribution in [0.3, 0.4) is 0 Å². The molecule has 0 bridgehead atoms. The second-order valence-electron chi connectivity index (χ2n) is 7.49. The summed E-state index contributed by atoms with van der Waals surface area (Å²) in [6.45, 7) is 1.48. The predicted octanol–water partition coefficient (Wildman–Crippen LogP) is 6.00. The van der Waals surface area contributed by atoms with Crippen LogP contribution in [0.1, 0.15) is 40.3 Å². The predicted molar refractivity (Wildman–Crippen MR) is 114 cm³/mol. The number of carbonyl (C=O) groups excluding carboxylic acids is 1. The lowest BCUT2D eigenvalue weighted by atomic mass is 10.0. The number of nitrogens with zero attached hydrogens (tertiary/aromatic N) is 4. The molecule has 0 fully saturated rings. The number of alkyl halides is 6. The van der Waals surface area contributed by atoms with Gasteiger partial charge in [0.25, 0.3) is 5.91 Å². The fourth-order valence-electron chi connectivity index (χ4n) is 3.41. The van der Waals surface area contributed by atoms with E-state index in [2.05, 4.69) is 20.3 Å². The summed E-state index contributed by atoms with van der Waals surface area (Å²) in [6, 6.07) is 4.54. The van der Waals surface area contributed by atoms with Gasteiger partial charge in [0.1, 0.15) is 17.2 Å². The van der Waals surface area contributed by atoms with Gasteiger partial charge >= 0.3 is 12.4 Å². The third kappa shape index (κ3) is 5.06. The maximum Gasteiger partial charge on any atom is 0.416 e. The third-order valence-electron chi connectivity index (χ3n) is 5.01. The van der Waals surface area contributed by atoms with E-state index < -0.39 is 41.0 Å². The number of hydrogen-bond acceptors (Lipinski definition) is 4. The van der Waals surface area contributed by atoms with Crippen molar-refractivity contribution in [3.63, 3.8) is 0 Å². The van der Waals surface area contributed by atoms with Crippen molar-refractivity contribution in [3.05, 3.63) is 82.5 Å². The van der Waals surface area contributed by atoms with E-state index in [1.54, 1.807) is 22.8 Å². The second-order valence-corrected chi connectivity index (χ2v) is 7.93. The first-order chi connectivity index (χ1) is 16.3. The first-order valence-corrected chi connectivity index (χ1v) is 10.3. The van der Waals surface area contributed by atoms with Gasteiger partial charge in [-0.15, -0.1) is 0 Å². The van der Waals surface area contributed by atoms with Gasteiger partial charge in [-0.05, 0) is 43.3 Å². The summed E-state index contributed by atoms with van der Waals surface area (Å²) in [4.78, 5) is 25.4. The zero-order valence-corrected chi connectivity index (χ0v) is 18.4. The number of amides is 1. The Hall–Kier alpha value is -3.67. The van der Waals surface area contributed by atoms with Crippen molar-refractivity contribution in [2.45, 2.75) is 25.3 Å². The minimum absolute atomic E-state index is 0.0428. The number of carbonyl (C=O) groups is 1. The molecule has 1 amide bonds. The smallest absolute Gasteiger partial charge is 0.342 e. The number of benzene rings is 1. The molecule has 1 N–H and O–H groups in total. The Bertz CT molecular complexity index is 1370. The van der Waals surface area contributed by atoms with Gasteiger partial charge in [-0.2, -0.15) is 26.3 Å². The quantitative estimate of drug-likeness (QED) is 0.340. The van der Waals surface area contributed by atoms with Crippen LogP contribution in [0.25, 0.3) is 16.9 Å². The highest BCUT2D eigenvalue weighted by Gasteiger charge is 2.37. The van der Waals surface area contributed by atoms with E-state index in [1.165, 1.54) is 25.5 Å². The number of imidazole rings is 1. The zero-order chi connectivity index (χ0) is 25.5. The van der Waals surface area contributed by atoms with Gasteiger partial charge in [0.05, 0.1) is 33.9 Å². The lowest BCUT2D eigenvalue weighted by molar-refractivity contribution is -0.143. The molecule has 1 unspecified atom stereocenters. The number of nitrogens with one attached hydrogen (secondary N) is 1. The van der Waals surface area contributed by atoms with Crippen LogP contribution in [-0.4, -0.2) is 25.4 Å². The molecule has 35 heavy (non-hydrogen) atoms. The average Bonchev–Trinajstić information content (AvgIpc) is 3.18. The van der Waals surface area contributed by atoms with Crippen molar-refractivity contribution in [2.24, 2.45) is 0 Å². The van der Waals surface area contributed by atoms with Gasteiger partial charge in [0.2, 0.25) is 0 Å². The van der Waals surface area contributed by atoms with E-state index in [-0.39, 0.29) is 11.9 Å². The van der Waals surface area contributed by atoms with Crippen molar-refractivity contribution in [1.82, 2.24) is 24.8 Å². The number of halogens is 7. The lowest BCUT2D eigenvalue weighted by Crippen LogP contribution is -2.29. The molecule has 0 radical (unpaired) electrons. The van der Waals surface area contributed by atoms with Crippen LogP contribution in [0, 0.1) is 0 Å². The molecule has 6 nitrogen and oxygen atoms in total. The molecule has 0 spiro atoms. The summed E-state index contributed by atoms with van der Waals surface area (Å²) in [5.74, 6) is -0.549. The fourth-order valence-corrected chi connectivity index (χ4v) is 3.52. The van der Waals surface area contributed by atoms with Gasteiger partial charge in [-0.3, -0.25) is 14.3 Å². The number of aromatic nitrogens is 4.